The number of hydrogen-bond acceptors (Lipinski definition) is 6. The standard InChI is InChI=1S/C23H19F3N4O3/c24-23(25,26)33-16-2-4-20-18(13-16)29-22(31)17-11-14(1-3-19(17)32-20)15-5-6-28-21(12-15)30-9-7-27-8-10-30/h1-6,11-13,27H,7-10H2,(H,29,31). The molecule has 0 bridgehead atoms. The normalized spacial score (nSPS) is 15.6. The van der Waals surface area contributed by atoms with Gasteiger partial charge >= 0.3 is 6.36 Å². The van der Waals surface area contributed by atoms with Crippen LogP contribution in [0.25, 0.3) is 11.1 Å². The third-order valence-electron chi connectivity index (χ3n) is 5.40. The lowest BCUT2D eigenvalue weighted by Gasteiger charge is -2.28. The second-order valence-electron chi connectivity index (χ2n) is 7.61. The molecule has 1 saturated heterocycles. The molecule has 2 aliphatic rings. The first-order chi connectivity index (χ1) is 15.9. The lowest BCUT2D eigenvalue weighted by Crippen LogP contribution is -2.43. The summed E-state index contributed by atoms with van der Waals surface area (Å²) < 4.78 is 47.4. The number of alkyl halides is 3. The van der Waals surface area contributed by atoms with Crippen LogP contribution in [0.4, 0.5) is 24.7 Å². The van der Waals surface area contributed by atoms with Gasteiger partial charge in [0, 0.05) is 38.4 Å². The van der Waals surface area contributed by atoms with Gasteiger partial charge in [-0.15, -0.1) is 13.2 Å². The number of carbonyl (C=O) groups excluding carboxylic acids is 1. The van der Waals surface area contributed by atoms with E-state index in [-0.39, 0.29) is 17.0 Å². The Bertz CT molecular complexity index is 1210. The van der Waals surface area contributed by atoms with Crippen LogP contribution in [0.2, 0.25) is 0 Å². The predicted octanol–water partition coefficient (Wildman–Crippen LogP) is 4.41. The molecule has 170 valence electrons. The van der Waals surface area contributed by atoms with Gasteiger partial charge in [-0.05, 0) is 47.5 Å². The Labute approximate surface area is 187 Å². The summed E-state index contributed by atoms with van der Waals surface area (Å²) in [6.45, 7) is 3.49. The van der Waals surface area contributed by atoms with E-state index in [1.54, 1.807) is 18.3 Å². The smallest absolute Gasteiger partial charge is 0.454 e. The highest BCUT2D eigenvalue weighted by atomic mass is 19.4. The monoisotopic (exact) mass is 456 g/mol. The predicted molar refractivity (Wildman–Crippen MR) is 116 cm³/mol. The topological polar surface area (TPSA) is 75.7 Å². The minimum atomic E-state index is -4.84. The molecule has 5 rings (SSSR count). The third kappa shape index (κ3) is 4.56. The highest BCUT2D eigenvalue weighted by Gasteiger charge is 2.32. The minimum Gasteiger partial charge on any atom is -0.454 e. The van der Waals surface area contributed by atoms with Crippen molar-refractivity contribution in [1.82, 2.24) is 10.3 Å². The first-order valence-electron chi connectivity index (χ1n) is 10.3. The summed E-state index contributed by atoms with van der Waals surface area (Å²) in [6.07, 6.45) is -3.11. The van der Waals surface area contributed by atoms with E-state index in [1.807, 2.05) is 18.2 Å². The van der Waals surface area contributed by atoms with E-state index in [9.17, 15) is 18.0 Å². The van der Waals surface area contributed by atoms with Crippen LogP contribution in [-0.2, 0) is 0 Å². The summed E-state index contributed by atoms with van der Waals surface area (Å²) in [6, 6.07) is 12.6. The maximum atomic E-state index is 12.9. The molecule has 10 heteroatoms. The molecule has 0 radical (unpaired) electrons. The molecule has 1 amide bonds. The number of hydrogen-bond donors (Lipinski definition) is 2. The number of benzene rings is 2. The number of halogens is 3. The van der Waals surface area contributed by atoms with Crippen LogP contribution >= 0.6 is 0 Å². The van der Waals surface area contributed by atoms with Gasteiger partial charge in [-0.1, -0.05) is 6.07 Å². The fourth-order valence-corrected chi connectivity index (χ4v) is 3.84. The first kappa shape index (κ1) is 21.1. The van der Waals surface area contributed by atoms with Crippen molar-refractivity contribution in [2.45, 2.75) is 6.36 Å². The molecule has 0 atom stereocenters. The Morgan fingerprint density at radius 3 is 2.52 bits per heavy atom. The van der Waals surface area contributed by atoms with Crippen molar-refractivity contribution >= 4 is 17.4 Å². The van der Waals surface area contributed by atoms with Gasteiger partial charge in [0.2, 0.25) is 0 Å². The van der Waals surface area contributed by atoms with Crippen LogP contribution in [0.1, 0.15) is 10.4 Å². The quantitative estimate of drug-likeness (QED) is 0.608. The van der Waals surface area contributed by atoms with Gasteiger partial charge in [0.05, 0.1) is 11.3 Å². The number of nitrogens with one attached hydrogen (secondary N) is 2. The number of nitrogens with zero attached hydrogens (tertiary/aromatic N) is 2. The maximum Gasteiger partial charge on any atom is 0.573 e. The van der Waals surface area contributed by atoms with Crippen molar-refractivity contribution < 1.29 is 27.4 Å². The van der Waals surface area contributed by atoms with Crippen molar-refractivity contribution in [3.8, 4) is 28.4 Å². The van der Waals surface area contributed by atoms with Crippen LogP contribution in [0.5, 0.6) is 17.2 Å². The van der Waals surface area contributed by atoms with Crippen LogP contribution in [0.3, 0.4) is 0 Å². The van der Waals surface area contributed by atoms with Gasteiger partial charge in [0.25, 0.3) is 5.91 Å². The molecule has 3 aromatic rings. The van der Waals surface area contributed by atoms with Gasteiger partial charge in [-0.25, -0.2) is 4.98 Å². The average molecular weight is 456 g/mol. The summed E-state index contributed by atoms with van der Waals surface area (Å²) in [7, 11) is 0. The van der Waals surface area contributed by atoms with Crippen molar-refractivity contribution in [2.24, 2.45) is 0 Å². The Morgan fingerprint density at radius 1 is 0.970 bits per heavy atom. The molecule has 2 aliphatic heterocycles. The molecule has 2 N–H and O–H groups in total. The molecule has 7 nitrogen and oxygen atoms in total. The van der Waals surface area contributed by atoms with Crippen LogP contribution in [0, 0.1) is 0 Å². The number of rotatable bonds is 3. The minimum absolute atomic E-state index is 0.0874. The van der Waals surface area contributed by atoms with Crippen molar-refractivity contribution in [3.05, 3.63) is 60.3 Å². The fraction of sp³-hybridized carbons (Fsp3) is 0.217. The lowest BCUT2D eigenvalue weighted by atomic mass is 10.0. The van der Waals surface area contributed by atoms with E-state index in [0.717, 1.165) is 55.3 Å². The van der Waals surface area contributed by atoms with E-state index >= 15 is 0 Å². The maximum absolute atomic E-state index is 12.9. The van der Waals surface area contributed by atoms with Crippen LogP contribution < -0.4 is 25.0 Å². The zero-order valence-electron chi connectivity index (χ0n) is 17.3. The molecule has 0 unspecified atom stereocenters. The number of amides is 1. The molecule has 3 heterocycles. The molecule has 0 spiro atoms. The fourth-order valence-electron chi connectivity index (χ4n) is 3.84. The Morgan fingerprint density at radius 2 is 1.73 bits per heavy atom. The second kappa shape index (κ2) is 8.28. The number of anilines is 2. The van der Waals surface area contributed by atoms with E-state index < -0.39 is 18.0 Å². The van der Waals surface area contributed by atoms with Gasteiger partial charge in [-0.3, -0.25) is 4.79 Å². The first-order valence-corrected chi connectivity index (χ1v) is 10.3. The van der Waals surface area contributed by atoms with Gasteiger partial charge < -0.3 is 25.0 Å². The summed E-state index contributed by atoms with van der Waals surface area (Å²) in [5, 5.41) is 5.91. The molecule has 0 aliphatic carbocycles. The summed E-state index contributed by atoms with van der Waals surface area (Å²) in [5.74, 6) is 0.430. The zero-order chi connectivity index (χ0) is 23.0. The SMILES string of the molecule is O=C1Nc2cc(OC(F)(F)F)ccc2Oc2ccc(-c3ccnc(N4CCNCC4)c3)cc21. The highest BCUT2D eigenvalue weighted by Crippen LogP contribution is 2.40. The van der Waals surface area contributed by atoms with Gasteiger partial charge in [0.1, 0.15) is 17.3 Å². The number of piperazine rings is 1. The Balaban J connectivity index is 1.44. The van der Waals surface area contributed by atoms with E-state index in [1.165, 1.54) is 6.07 Å². The van der Waals surface area contributed by atoms with E-state index in [2.05, 4.69) is 25.3 Å². The van der Waals surface area contributed by atoms with Gasteiger partial charge in [-0.2, -0.15) is 0 Å². The third-order valence-corrected chi connectivity index (χ3v) is 5.40. The van der Waals surface area contributed by atoms with Crippen LogP contribution in [-0.4, -0.2) is 43.4 Å². The van der Waals surface area contributed by atoms with Crippen molar-refractivity contribution in [3.63, 3.8) is 0 Å². The highest BCUT2D eigenvalue weighted by molar-refractivity contribution is 6.08. The van der Waals surface area contributed by atoms with Gasteiger partial charge in [0.15, 0.2) is 5.75 Å². The Kier molecular flexibility index (Phi) is 5.29. The van der Waals surface area contributed by atoms with E-state index in [0.29, 0.717) is 5.75 Å². The summed E-state index contributed by atoms with van der Waals surface area (Å²) in [4.78, 5) is 19.5. The molecular weight excluding hydrogens is 437 g/mol. The van der Waals surface area contributed by atoms with Crippen LogP contribution in [0.15, 0.2) is 54.7 Å². The average Bonchev–Trinajstić information content (AvgIpc) is 2.94. The molecular formula is C23H19F3N4O3. The number of carbonyl (C=O) groups is 1. The molecule has 1 aromatic heterocycles. The molecule has 2 aromatic carbocycles. The number of fused-ring (bicyclic) bond motifs is 2. The van der Waals surface area contributed by atoms with E-state index in [4.69, 9.17) is 4.74 Å². The largest absolute Gasteiger partial charge is 0.573 e. The Hall–Kier alpha value is -3.79. The summed E-state index contributed by atoms with van der Waals surface area (Å²) >= 11 is 0. The molecule has 33 heavy (non-hydrogen) atoms. The lowest BCUT2D eigenvalue weighted by molar-refractivity contribution is -0.274. The molecule has 0 saturated carbocycles. The van der Waals surface area contributed by atoms with Crippen molar-refractivity contribution in [2.75, 3.05) is 36.4 Å². The zero-order valence-corrected chi connectivity index (χ0v) is 17.3. The number of aromatic nitrogens is 1. The number of pyridine rings is 1. The van der Waals surface area contributed by atoms with Crippen molar-refractivity contribution in [1.29, 1.82) is 0 Å². The summed E-state index contributed by atoms with van der Waals surface area (Å²) in [5.41, 5.74) is 2.03. The molecule has 1 fully saturated rings. The number of ether oxygens (including phenoxy) is 2. The second-order valence-corrected chi connectivity index (χ2v) is 7.61.